The van der Waals surface area contributed by atoms with Crippen molar-refractivity contribution in [3.8, 4) is 6.07 Å². The molecule has 3 N–H and O–H groups in total. The van der Waals surface area contributed by atoms with Gasteiger partial charge < -0.3 is 11.1 Å². The van der Waals surface area contributed by atoms with Gasteiger partial charge in [-0.1, -0.05) is 24.3 Å². The maximum absolute atomic E-state index is 10.9. The van der Waals surface area contributed by atoms with Gasteiger partial charge in [-0.25, -0.2) is 0 Å². The first kappa shape index (κ1) is 14.6. The summed E-state index contributed by atoms with van der Waals surface area (Å²) in [6, 6.07) is 17.3. The van der Waals surface area contributed by atoms with Gasteiger partial charge in [-0.2, -0.15) is 5.26 Å². The van der Waals surface area contributed by atoms with Gasteiger partial charge in [0.25, 0.3) is 0 Å². The maximum Gasteiger partial charge on any atom is 0.221 e. The SMILES string of the molecule is CC(Nc1ccc(CC(N)=O)cc1)c1cccc(C#N)c1. The number of nitrogens with two attached hydrogens (primary N) is 1. The number of anilines is 1. The molecule has 0 heterocycles. The van der Waals surface area contributed by atoms with Crippen LogP contribution in [0.1, 0.15) is 29.7 Å². The second kappa shape index (κ2) is 6.58. The van der Waals surface area contributed by atoms with Gasteiger partial charge in [0, 0.05) is 11.7 Å². The van der Waals surface area contributed by atoms with E-state index in [1.807, 2.05) is 49.4 Å². The van der Waals surface area contributed by atoms with Crippen LogP contribution in [0.25, 0.3) is 0 Å². The summed E-state index contributed by atoms with van der Waals surface area (Å²) in [5.74, 6) is -0.336. The fourth-order valence-corrected chi connectivity index (χ4v) is 2.13. The van der Waals surface area contributed by atoms with Crippen LogP contribution in [0.4, 0.5) is 5.69 Å². The molecule has 2 aromatic carbocycles. The predicted octanol–water partition coefficient (Wildman–Crippen LogP) is 2.76. The molecule has 1 amide bonds. The van der Waals surface area contributed by atoms with E-state index in [9.17, 15) is 4.79 Å². The molecule has 1 atom stereocenters. The summed E-state index contributed by atoms with van der Waals surface area (Å²) in [5, 5.41) is 12.3. The van der Waals surface area contributed by atoms with E-state index < -0.39 is 0 Å². The van der Waals surface area contributed by atoms with E-state index >= 15 is 0 Å². The van der Waals surface area contributed by atoms with Crippen molar-refractivity contribution in [1.29, 1.82) is 5.26 Å². The van der Waals surface area contributed by atoms with Crippen molar-refractivity contribution in [2.45, 2.75) is 19.4 Å². The van der Waals surface area contributed by atoms with Gasteiger partial charge in [0.1, 0.15) is 0 Å². The minimum atomic E-state index is -0.336. The van der Waals surface area contributed by atoms with Crippen molar-refractivity contribution in [1.82, 2.24) is 0 Å². The molecule has 0 saturated heterocycles. The number of hydrogen-bond acceptors (Lipinski definition) is 3. The molecule has 0 spiro atoms. The van der Waals surface area contributed by atoms with E-state index in [1.165, 1.54) is 0 Å². The Labute approximate surface area is 124 Å². The van der Waals surface area contributed by atoms with E-state index in [2.05, 4.69) is 11.4 Å². The molecular weight excluding hydrogens is 262 g/mol. The Bertz CT molecular complexity index is 671. The second-order valence-corrected chi connectivity index (χ2v) is 4.94. The molecule has 0 aliphatic heterocycles. The lowest BCUT2D eigenvalue weighted by atomic mass is 10.0. The third-order valence-corrected chi connectivity index (χ3v) is 3.23. The van der Waals surface area contributed by atoms with E-state index in [0.717, 1.165) is 16.8 Å². The molecular formula is C17H17N3O. The van der Waals surface area contributed by atoms with Gasteiger partial charge in [-0.15, -0.1) is 0 Å². The lowest BCUT2D eigenvalue weighted by Crippen LogP contribution is -2.13. The zero-order valence-corrected chi connectivity index (χ0v) is 11.8. The number of nitriles is 1. The Morgan fingerprint density at radius 2 is 2.00 bits per heavy atom. The molecule has 4 nitrogen and oxygen atoms in total. The summed E-state index contributed by atoms with van der Waals surface area (Å²) in [4.78, 5) is 10.9. The van der Waals surface area contributed by atoms with Crippen LogP contribution >= 0.6 is 0 Å². The molecule has 0 radical (unpaired) electrons. The van der Waals surface area contributed by atoms with Gasteiger partial charge >= 0.3 is 0 Å². The van der Waals surface area contributed by atoms with Crippen molar-refractivity contribution < 1.29 is 4.79 Å². The number of primary amides is 1. The summed E-state index contributed by atoms with van der Waals surface area (Å²) in [6.45, 7) is 2.04. The maximum atomic E-state index is 10.9. The fourth-order valence-electron chi connectivity index (χ4n) is 2.13. The largest absolute Gasteiger partial charge is 0.379 e. The lowest BCUT2D eigenvalue weighted by Gasteiger charge is -2.16. The van der Waals surface area contributed by atoms with E-state index in [4.69, 9.17) is 11.0 Å². The van der Waals surface area contributed by atoms with Gasteiger partial charge in [0.2, 0.25) is 5.91 Å². The first-order valence-electron chi connectivity index (χ1n) is 6.72. The molecule has 0 aliphatic carbocycles. The highest BCUT2D eigenvalue weighted by Crippen LogP contribution is 2.20. The van der Waals surface area contributed by atoms with E-state index in [1.54, 1.807) is 6.07 Å². The summed E-state index contributed by atoms with van der Waals surface area (Å²) >= 11 is 0. The Hall–Kier alpha value is -2.80. The molecule has 0 bridgehead atoms. The number of hydrogen-bond donors (Lipinski definition) is 2. The monoisotopic (exact) mass is 279 g/mol. The number of carbonyl (C=O) groups is 1. The summed E-state index contributed by atoms with van der Waals surface area (Å²) in [5.41, 5.74) is 8.72. The van der Waals surface area contributed by atoms with Gasteiger partial charge in [0.05, 0.1) is 18.1 Å². The predicted molar refractivity (Wildman–Crippen MR) is 82.5 cm³/mol. The van der Waals surface area contributed by atoms with Crippen LogP contribution in [0, 0.1) is 11.3 Å². The first-order chi connectivity index (χ1) is 10.1. The highest BCUT2D eigenvalue weighted by Gasteiger charge is 2.06. The molecule has 0 aliphatic rings. The standard InChI is InChI=1S/C17H17N3O/c1-12(15-4-2-3-14(9-15)11-18)20-16-7-5-13(6-8-16)10-17(19)21/h2-9,12,20H,10H2,1H3,(H2,19,21). The van der Waals surface area contributed by atoms with Crippen molar-refractivity contribution in [3.63, 3.8) is 0 Å². The quantitative estimate of drug-likeness (QED) is 0.883. The average molecular weight is 279 g/mol. The number of amides is 1. The van der Waals surface area contributed by atoms with Crippen molar-refractivity contribution >= 4 is 11.6 Å². The van der Waals surface area contributed by atoms with Crippen LogP contribution < -0.4 is 11.1 Å². The highest BCUT2D eigenvalue weighted by atomic mass is 16.1. The average Bonchev–Trinajstić information content (AvgIpc) is 2.49. The third-order valence-electron chi connectivity index (χ3n) is 3.23. The Kier molecular flexibility index (Phi) is 4.57. The molecule has 4 heteroatoms. The molecule has 0 aromatic heterocycles. The number of carbonyl (C=O) groups excluding carboxylic acids is 1. The molecule has 2 aromatic rings. The molecule has 1 unspecified atom stereocenters. The Morgan fingerprint density at radius 1 is 1.29 bits per heavy atom. The Morgan fingerprint density at radius 3 is 2.62 bits per heavy atom. The van der Waals surface area contributed by atoms with Gasteiger partial charge in [-0.05, 0) is 42.3 Å². The van der Waals surface area contributed by atoms with Crippen LogP contribution in [0.15, 0.2) is 48.5 Å². The number of nitrogens with one attached hydrogen (secondary N) is 1. The molecule has 21 heavy (non-hydrogen) atoms. The topological polar surface area (TPSA) is 78.9 Å². The minimum Gasteiger partial charge on any atom is -0.379 e. The lowest BCUT2D eigenvalue weighted by molar-refractivity contribution is -0.117. The van der Waals surface area contributed by atoms with Crippen LogP contribution in [0.3, 0.4) is 0 Å². The number of rotatable bonds is 5. The zero-order valence-electron chi connectivity index (χ0n) is 11.8. The normalized spacial score (nSPS) is 11.4. The van der Waals surface area contributed by atoms with E-state index in [0.29, 0.717) is 5.56 Å². The number of benzene rings is 2. The zero-order chi connectivity index (χ0) is 15.2. The van der Waals surface area contributed by atoms with E-state index in [-0.39, 0.29) is 18.4 Å². The summed E-state index contributed by atoms with van der Waals surface area (Å²) in [6.07, 6.45) is 0.250. The fraction of sp³-hybridized carbons (Fsp3) is 0.176. The Balaban J connectivity index is 2.06. The molecule has 106 valence electrons. The molecule has 0 saturated carbocycles. The van der Waals surface area contributed by atoms with Gasteiger partial charge in [0.15, 0.2) is 0 Å². The third kappa shape index (κ3) is 4.08. The second-order valence-electron chi connectivity index (χ2n) is 4.94. The van der Waals surface area contributed by atoms with Crippen LogP contribution in [0.2, 0.25) is 0 Å². The van der Waals surface area contributed by atoms with Crippen molar-refractivity contribution in [2.75, 3.05) is 5.32 Å². The van der Waals surface area contributed by atoms with Gasteiger partial charge in [-0.3, -0.25) is 4.79 Å². The minimum absolute atomic E-state index is 0.0836. The van der Waals surface area contributed by atoms with Crippen LogP contribution in [0.5, 0.6) is 0 Å². The van der Waals surface area contributed by atoms with Crippen molar-refractivity contribution in [2.24, 2.45) is 5.73 Å². The first-order valence-corrected chi connectivity index (χ1v) is 6.72. The van der Waals surface area contributed by atoms with Crippen LogP contribution in [-0.4, -0.2) is 5.91 Å². The molecule has 0 fully saturated rings. The summed E-state index contributed by atoms with van der Waals surface area (Å²) in [7, 11) is 0. The highest BCUT2D eigenvalue weighted by molar-refractivity contribution is 5.76. The van der Waals surface area contributed by atoms with Crippen molar-refractivity contribution in [3.05, 3.63) is 65.2 Å². The van der Waals surface area contributed by atoms with Crippen LogP contribution in [-0.2, 0) is 11.2 Å². The summed E-state index contributed by atoms with van der Waals surface area (Å²) < 4.78 is 0. The molecule has 2 rings (SSSR count). The number of nitrogens with zero attached hydrogens (tertiary/aromatic N) is 1. The smallest absolute Gasteiger partial charge is 0.221 e.